The summed E-state index contributed by atoms with van der Waals surface area (Å²) in [6.07, 6.45) is 2.04. The van der Waals surface area contributed by atoms with E-state index in [1.54, 1.807) is 0 Å². The Hall–Kier alpha value is -1.59. The average Bonchev–Trinajstić information content (AvgIpc) is 2.80. The Kier molecular flexibility index (Phi) is 4.17. The van der Waals surface area contributed by atoms with Crippen molar-refractivity contribution in [1.82, 2.24) is 10.1 Å². The molecular formula is C12H14ClN3O2. The summed E-state index contributed by atoms with van der Waals surface area (Å²) < 4.78 is 10.1. The fourth-order valence-corrected chi connectivity index (χ4v) is 1.82. The molecule has 0 aliphatic carbocycles. The molecule has 0 spiro atoms. The molecule has 1 aromatic carbocycles. The lowest BCUT2D eigenvalue weighted by atomic mass is 10.1. The van der Waals surface area contributed by atoms with Gasteiger partial charge in [-0.1, -0.05) is 22.8 Å². The predicted octanol–water partition coefficient (Wildman–Crippen LogP) is 2.19. The molecule has 0 bridgehead atoms. The van der Waals surface area contributed by atoms with Crippen LogP contribution in [0.5, 0.6) is 5.75 Å². The van der Waals surface area contributed by atoms with E-state index in [1.807, 2.05) is 25.1 Å². The number of aromatic nitrogens is 2. The summed E-state index contributed by atoms with van der Waals surface area (Å²) in [5.74, 6) is 1.07. The van der Waals surface area contributed by atoms with Gasteiger partial charge < -0.3 is 15.0 Å². The number of benzene rings is 1. The van der Waals surface area contributed by atoms with Gasteiger partial charge in [-0.25, -0.2) is 0 Å². The first-order valence-electron chi connectivity index (χ1n) is 5.57. The van der Waals surface area contributed by atoms with Crippen LogP contribution in [0, 0.1) is 0 Å². The van der Waals surface area contributed by atoms with Crippen LogP contribution in [-0.4, -0.2) is 16.2 Å². The van der Waals surface area contributed by atoms with Crippen molar-refractivity contribution in [2.45, 2.75) is 26.0 Å². The molecule has 0 fully saturated rings. The van der Waals surface area contributed by atoms with Crippen LogP contribution in [0.3, 0.4) is 0 Å². The minimum absolute atomic E-state index is 0.104. The lowest BCUT2D eigenvalue weighted by molar-refractivity contribution is 0.286. The lowest BCUT2D eigenvalue weighted by Gasteiger charge is -2.09. The van der Waals surface area contributed by atoms with Crippen molar-refractivity contribution in [1.29, 1.82) is 0 Å². The van der Waals surface area contributed by atoms with Gasteiger partial charge in [-0.15, -0.1) is 0 Å². The van der Waals surface area contributed by atoms with E-state index in [2.05, 4.69) is 14.7 Å². The second kappa shape index (κ2) is 5.84. The van der Waals surface area contributed by atoms with Gasteiger partial charge in [0.25, 0.3) is 0 Å². The summed E-state index contributed by atoms with van der Waals surface area (Å²) in [7, 11) is 0. The topological polar surface area (TPSA) is 74.2 Å². The number of nitrogens with zero attached hydrogens (tertiary/aromatic N) is 2. The zero-order valence-corrected chi connectivity index (χ0v) is 10.7. The largest absolute Gasteiger partial charge is 0.484 e. The van der Waals surface area contributed by atoms with Crippen LogP contribution < -0.4 is 10.5 Å². The smallest absolute Gasteiger partial charge is 0.213 e. The zero-order valence-electron chi connectivity index (χ0n) is 9.97. The fourth-order valence-electron chi connectivity index (χ4n) is 1.56. The highest BCUT2D eigenvalue weighted by molar-refractivity contribution is 6.32. The Labute approximate surface area is 110 Å². The van der Waals surface area contributed by atoms with Crippen LogP contribution >= 0.6 is 11.6 Å². The van der Waals surface area contributed by atoms with E-state index in [0.29, 0.717) is 16.6 Å². The molecular weight excluding hydrogens is 254 g/mol. The van der Waals surface area contributed by atoms with Crippen molar-refractivity contribution < 1.29 is 9.26 Å². The predicted molar refractivity (Wildman–Crippen MR) is 67.4 cm³/mol. The number of halogens is 1. The van der Waals surface area contributed by atoms with Gasteiger partial charge in [0, 0.05) is 6.04 Å². The molecule has 2 rings (SSSR count). The number of rotatable bonds is 5. The zero-order chi connectivity index (χ0) is 13.0. The molecule has 5 nitrogen and oxygen atoms in total. The highest BCUT2D eigenvalue weighted by Crippen LogP contribution is 2.26. The average molecular weight is 268 g/mol. The Bertz CT molecular complexity index is 500. The number of hydrogen-bond acceptors (Lipinski definition) is 5. The van der Waals surface area contributed by atoms with Gasteiger partial charge in [0.1, 0.15) is 5.75 Å². The summed E-state index contributed by atoms with van der Waals surface area (Å²) in [5, 5.41) is 4.20. The molecule has 2 aromatic rings. The van der Waals surface area contributed by atoms with E-state index in [9.17, 15) is 0 Å². The Balaban J connectivity index is 2.01. The van der Waals surface area contributed by atoms with E-state index >= 15 is 0 Å². The normalized spacial score (nSPS) is 12.4. The van der Waals surface area contributed by atoms with Gasteiger partial charge in [-0.2, -0.15) is 4.98 Å². The summed E-state index contributed by atoms with van der Waals surface area (Å²) in [4.78, 5) is 3.86. The van der Waals surface area contributed by atoms with Crippen LogP contribution in [0.25, 0.3) is 0 Å². The standard InChI is InChI=1S/C12H14ClN3O2/c1-8(14)4-9-2-3-11(10(13)5-9)17-6-12-15-7-18-16-12/h2-3,5,7-8H,4,6,14H2,1H3. The molecule has 1 atom stereocenters. The van der Waals surface area contributed by atoms with Crippen LogP contribution in [0.1, 0.15) is 18.3 Å². The first-order chi connectivity index (χ1) is 8.65. The van der Waals surface area contributed by atoms with Crippen LogP contribution in [0.15, 0.2) is 29.1 Å². The Morgan fingerprint density at radius 3 is 2.94 bits per heavy atom. The van der Waals surface area contributed by atoms with Gasteiger partial charge in [-0.05, 0) is 31.0 Å². The maximum absolute atomic E-state index is 6.12. The summed E-state index contributed by atoms with van der Waals surface area (Å²) in [6.45, 7) is 2.18. The molecule has 1 aromatic heterocycles. The molecule has 0 saturated heterocycles. The van der Waals surface area contributed by atoms with E-state index in [1.165, 1.54) is 6.39 Å². The third-order valence-electron chi connectivity index (χ3n) is 2.32. The number of hydrogen-bond donors (Lipinski definition) is 1. The molecule has 0 amide bonds. The minimum Gasteiger partial charge on any atom is -0.484 e. The lowest BCUT2D eigenvalue weighted by Crippen LogP contribution is -2.17. The molecule has 6 heteroatoms. The van der Waals surface area contributed by atoms with Gasteiger partial charge in [-0.3, -0.25) is 0 Å². The molecule has 0 radical (unpaired) electrons. The Morgan fingerprint density at radius 2 is 2.33 bits per heavy atom. The van der Waals surface area contributed by atoms with Crippen molar-refractivity contribution >= 4 is 11.6 Å². The van der Waals surface area contributed by atoms with Crippen LogP contribution in [0.4, 0.5) is 0 Å². The molecule has 1 unspecified atom stereocenters. The van der Waals surface area contributed by atoms with E-state index in [-0.39, 0.29) is 12.6 Å². The fraction of sp³-hybridized carbons (Fsp3) is 0.333. The van der Waals surface area contributed by atoms with E-state index < -0.39 is 0 Å². The SMILES string of the molecule is CC(N)Cc1ccc(OCc2ncon2)c(Cl)c1. The molecule has 0 aliphatic heterocycles. The van der Waals surface area contributed by atoms with Crippen molar-refractivity contribution in [2.24, 2.45) is 5.73 Å². The maximum atomic E-state index is 6.12. The quantitative estimate of drug-likeness (QED) is 0.899. The van der Waals surface area contributed by atoms with E-state index in [4.69, 9.17) is 22.1 Å². The summed E-state index contributed by atoms with van der Waals surface area (Å²) in [5.41, 5.74) is 6.82. The van der Waals surface area contributed by atoms with Crippen molar-refractivity contribution in [3.05, 3.63) is 41.0 Å². The first-order valence-corrected chi connectivity index (χ1v) is 5.95. The van der Waals surface area contributed by atoms with Crippen molar-refractivity contribution in [3.8, 4) is 5.75 Å². The van der Waals surface area contributed by atoms with Gasteiger partial charge in [0.05, 0.1) is 5.02 Å². The number of nitrogens with two attached hydrogens (primary N) is 1. The van der Waals surface area contributed by atoms with Crippen LogP contribution in [0.2, 0.25) is 5.02 Å². The first kappa shape index (κ1) is 12.9. The monoisotopic (exact) mass is 267 g/mol. The molecule has 18 heavy (non-hydrogen) atoms. The van der Waals surface area contributed by atoms with E-state index in [0.717, 1.165) is 12.0 Å². The van der Waals surface area contributed by atoms with Crippen molar-refractivity contribution in [2.75, 3.05) is 0 Å². The molecule has 0 aliphatic rings. The Morgan fingerprint density at radius 1 is 1.50 bits per heavy atom. The molecule has 0 saturated carbocycles. The van der Waals surface area contributed by atoms with Crippen LogP contribution in [-0.2, 0) is 13.0 Å². The second-order valence-electron chi connectivity index (χ2n) is 4.08. The third-order valence-corrected chi connectivity index (χ3v) is 2.61. The van der Waals surface area contributed by atoms with Crippen molar-refractivity contribution in [3.63, 3.8) is 0 Å². The molecule has 1 heterocycles. The van der Waals surface area contributed by atoms with Gasteiger partial charge in [0.2, 0.25) is 12.2 Å². The highest BCUT2D eigenvalue weighted by Gasteiger charge is 2.06. The van der Waals surface area contributed by atoms with Gasteiger partial charge >= 0.3 is 0 Å². The second-order valence-corrected chi connectivity index (χ2v) is 4.49. The maximum Gasteiger partial charge on any atom is 0.213 e. The summed E-state index contributed by atoms with van der Waals surface area (Å²) in [6, 6.07) is 5.73. The summed E-state index contributed by atoms with van der Waals surface area (Å²) >= 11 is 6.12. The third kappa shape index (κ3) is 3.45. The highest BCUT2D eigenvalue weighted by atomic mass is 35.5. The number of ether oxygens (including phenoxy) is 1. The van der Waals surface area contributed by atoms with Gasteiger partial charge in [0.15, 0.2) is 6.61 Å². The minimum atomic E-state index is 0.104. The molecule has 96 valence electrons. The molecule has 2 N–H and O–H groups in total.